The van der Waals surface area contributed by atoms with Gasteiger partial charge >= 0.3 is 0 Å². The minimum Gasteiger partial charge on any atom is -0.309 e. The van der Waals surface area contributed by atoms with E-state index in [0.717, 1.165) is 39.3 Å². The highest BCUT2D eigenvalue weighted by molar-refractivity contribution is 6.20. The monoisotopic (exact) mass is 775 g/mol. The van der Waals surface area contributed by atoms with Crippen molar-refractivity contribution in [2.24, 2.45) is 0 Å². The molecule has 0 aliphatic carbocycles. The number of hydrogen-bond acceptors (Lipinski definition) is 2. The molecule has 0 unspecified atom stereocenters. The molecule has 2 aromatic heterocycles. The summed E-state index contributed by atoms with van der Waals surface area (Å²) in [7, 11) is 0. The molecule has 0 fully saturated rings. The number of hydrogen-bond donors (Lipinski definition) is 0. The average molecular weight is 776 g/mol. The van der Waals surface area contributed by atoms with Crippen LogP contribution in [0.3, 0.4) is 0 Å². The summed E-state index contributed by atoms with van der Waals surface area (Å²) in [5.41, 5.74) is 13.0. The van der Waals surface area contributed by atoms with Gasteiger partial charge in [-0.25, -0.2) is 9.97 Å². The Hall–Kier alpha value is -8.14. The maximum atomic E-state index is 5.33. The average Bonchev–Trinajstić information content (AvgIpc) is 3.68. The maximum absolute atomic E-state index is 5.33. The molecule has 284 valence electrons. The molecule has 0 spiro atoms. The summed E-state index contributed by atoms with van der Waals surface area (Å²) in [4.78, 5) is 10.6. The molecule has 10 aromatic carbocycles. The summed E-state index contributed by atoms with van der Waals surface area (Å²) in [5.74, 6) is 0.683. The Morgan fingerprint density at radius 3 is 1.56 bits per heavy atom. The first-order chi connectivity index (χ1) is 30.2. The van der Waals surface area contributed by atoms with Crippen LogP contribution in [0.1, 0.15) is 0 Å². The lowest BCUT2D eigenvalue weighted by Gasteiger charge is -2.15. The van der Waals surface area contributed by atoms with Crippen LogP contribution in [0.5, 0.6) is 0 Å². The van der Waals surface area contributed by atoms with Gasteiger partial charge in [0.25, 0.3) is 0 Å². The van der Waals surface area contributed by atoms with Crippen molar-refractivity contribution in [2.75, 3.05) is 0 Å². The fourth-order valence-electron chi connectivity index (χ4n) is 9.26. The van der Waals surface area contributed by atoms with Crippen molar-refractivity contribution in [1.82, 2.24) is 14.5 Å². The van der Waals surface area contributed by atoms with E-state index in [2.05, 4.69) is 229 Å². The maximum Gasteiger partial charge on any atom is 0.160 e. The summed E-state index contributed by atoms with van der Waals surface area (Å²) in [5, 5.41) is 9.96. The summed E-state index contributed by atoms with van der Waals surface area (Å²) < 4.78 is 2.36. The van der Waals surface area contributed by atoms with Gasteiger partial charge in [0, 0.05) is 33.2 Å². The van der Waals surface area contributed by atoms with E-state index in [1.165, 1.54) is 70.8 Å². The Morgan fingerprint density at radius 1 is 0.279 bits per heavy atom. The van der Waals surface area contributed by atoms with Gasteiger partial charge in [0.05, 0.1) is 22.4 Å². The standard InChI is InChI=1S/C58H37N3/c1-2-13-38(14-3-1)39-25-27-41(28-26-39)53-37-54(45-17-12-18-46(35-45)61-55-23-10-8-21-49(55)50-22-9-11-24-56(50)61)60-58(59-53)43-31-29-42(30-32-43)57-48-20-7-5-16-44(48)36-52-47-19-6-4-15-40(47)33-34-51(52)57/h1-37H. The van der Waals surface area contributed by atoms with E-state index in [1.54, 1.807) is 0 Å². The van der Waals surface area contributed by atoms with Gasteiger partial charge in [-0.15, -0.1) is 0 Å². The van der Waals surface area contributed by atoms with Crippen LogP contribution in [0.4, 0.5) is 0 Å². The Morgan fingerprint density at radius 2 is 0.820 bits per heavy atom. The second-order valence-corrected chi connectivity index (χ2v) is 15.8. The Kier molecular flexibility index (Phi) is 8.17. The smallest absolute Gasteiger partial charge is 0.160 e. The van der Waals surface area contributed by atoms with Gasteiger partial charge in [-0.2, -0.15) is 0 Å². The molecule has 61 heavy (non-hydrogen) atoms. The third-order valence-electron chi connectivity index (χ3n) is 12.2. The Bertz CT molecular complexity index is 3570. The summed E-state index contributed by atoms with van der Waals surface area (Å²) >= 11 is 0. The van der Waals surface area contributed by atoms with Crippen LogP contribution in [-0.2, 0) is 0 Å². The van der Waals surface area contributed by atoms with Gasteiger partial charge in [-0.3, -0.25) is 0 Å². The molecule has 0 N–H and O–H groups in total. The van der Waals surface area contributed by atoms with Crippen LogP contribution >= 0.6 is 0 Å². The van der Waals surface area contributed by atoms with Gasteiger partial charge in [0.1, 0.15) is 0 Å². The zero-order valence-corrected chi connectivity index (χ0v) is 33.2. The molecule has 0 saturated heterocycles. The lowest BCUT2D eigenvalue weighted by molar-refractivity contribution is 1.16. The molecule has 0 saturated carbocycles. The fourth-order valence-corrected chi connectivity index (χ4v) is 9.26. The lowest BCUT2D eigenvalue weighted by Crippen LogP contribution is -1.98. The molecule has 0 aliphatic heterocycles. The molecule has 0 aliphatic rings. The molecule has 2 heterocycles. The Labute approximate surface area is 353 Å². The third-order valence-corrected chi connectivity index (χ3v) is 12.2. The molecule has 0 atom stereocenters. The predicted octanol–water partition coefficient (Wildman–Crippen LogP) is 15.4. The van der Waals surface area contributed by atoms with Crippen LogP contribution in [0, 0.1) is 0 Å². The molecular weight excluding hydrogens is 739 g/mol. The fraction of sp³-hybridized carbons (Fsp3) is 0. The van der Waals surface area contributed by atoms with Crippen molar-refractivity contribution in [3.63, 3.8) is 0 Å². The van der Waals surface area contributed by atoms with Crippen LogP contribution in [0.2, 0.25) is 0 Å². The van der Waals surface area contributed by atoms with Crippen molar-refractivity contribution in [1.29, 1.82) is 0 Å². The van der Waals surface area contributed by atoms with Gasteiger partial charge in [0.2, 0.25) is 0 Å². The number of fused-ring (bicyclic) bond motifs is 7. The second kappa shape index (κ2) is 14.3. The molecule has 0 radical (unpaired) electrons. The van der Waals surface area contributed by atoms with Crippen molar-refractivity contribution in [2.45, 2.75) is 0 Å². The number of para-hydroxylation sites is 2. The summed E-state index contributed by atoms with van der Waals surface area (Å²) in [6, 6.07) is 80.4. The van der Waals surface area contributed by atoms with Crippen LogP contribution in [-0.4, -0.2) is 14.5 Å². The number of nitrogens with zero attached hydrogens (tertiary/aromatic N) is 3. The minimum atomic E-state index is 0.683. The van der Waals surface area contributed by atoms with E-state index in [9.17, 15) is 0 Å². The molecule has 12 aromatic rings. The SMILES string of the molecule is c1ccc(-c2ccc(-c3cc(-c4cccc(-n5c6ccccc6c6ccccc65)c4)nc(-c4ccc(-c5c6ccccc6cc6c5ccc5ccccc56)cc4)n3)cc2)cc1. The first kappa shape index (κ1) is 34.9. The van der Waals surface area contributed by atoms with Gasteiger partial charge in [-0.1, -0.05) is 188 Å². The van der Waals surface area contributed by atoms with Crippen molar-refractivity contribution in [3.05, 3.63) is 224 Å². The third kappa shape index (κ3) is 5.98. The van der Waals surface area contributed by atoms with E-state index in [-0.39, 0.29) is 0 Å². The Balaban J connectivity index is 1.01. The molecule has 3 heteroatoms. The van der Waals surface area contributed by atoms with E-state index in [0.29, 0.717) is 5.82 Å². The van der Waals surface area contributed by atoms with Crippen LogP contribution < -0.4 is 0 Å². The van der Waals surface area contributed by atoms with Crippen LogP contribution in [0.15, 0.2) is 224 Å². The normalized spacial score (nSPS) is 11.6. The summed E-state index contributed by atoms with van der Waals surface area (Å²) in [6.07, 6.45) is 0. The highest BCUT2D eigenvalue weighted by atomic mass is 15.0. The summed E-state index contributed by atoms with van der Waals surface area (Å²) in [6.45, 7) is 0. The van der Waals surface area contributed by atoms with E-state index in [4.69, 9.17) is 9.97 Å². The number of benzene rings is 10. The molecular formula is C58H37N3. The second-order valence-electron chi connectivity index (χ2n) is 15.8. The van der Waals surface area contributed by atoms with Crippen molar-refractivity contribution >= 4 is 54.1 Å². The van der Waals surface area contributed by atoms with Crippen molar-refractivity contribution < 1.29 is 0 Å². The lowest BCUT2D eigenvalue weighted by atomic mass is 9.89. The van der Waals surface area contributed by atoms with Crippen LogP contribution in [0.25, 0.3) is 116 Å². The van der Waals surface area contributed by atoms with Crippen molar-refractivity contribution in [3.8, 4) is 61.8 Å². The van der Waals surface area contributed by atoms with Gasteiger partial charge in [-0.05, 0) is 91.0 Å². The topological polar surface area (TPSA) is 30.7 Å². The molecule has 0 bridgehead atoms. The molecule has 12 rings (SSSR count). The predicted molar refractivity (Wildman–Crippen MR) is 256 cm³/mol. The molecule has 3 nitrogen and oxygen atoms in total. The quantitative estimate of drug-likeness (QED) is 0.124. The van der Waals surface area contributed by atoms with E-state index in [1.807, 2.05) is 0 Å². The molecule has 0 amide bonds. The number of aromatic nitrogens is 3. The van der Waals surface area contributed by atoms with E-state index < -0.39 is 0 Å². The first-order valence-electron chi connectivity index (χ1n) is 20.8. The highest BCUT2D eigenvalue weighted by Crippen LogP contribution is 2.40. The highest BCUT2D eigenvalue weighted by Gasteiger charge is 2.17. The largest absolute Gasteiger partial charge is 0.309 e. The van der Waals surface area contributed by atoms with Gasteiger partial charge < -0.3 is 4.57 Å². The van der Waals surface area contributed by atoms with E-state index >= 15 is 0 Å². The zero-order valence-electron chi connectivity index (χ0n) is 33.2. The van der Waals surface area contributed by atoms with Gasteiger partial charge in [0.15, 0.2) is 5.82 Å². The zero-order chi connectivity index (χ0) is 40.3. The number of rotatable bonds is 6. The first-order valence-corrected chi connectivity index (χ1v) is 20.8. The minimum absolute atomic E-state index is 0.683.